The fraction of sp³-hybridized carbons (Fsp3) is 0.483. The van der Waals surface area contributed by atoms with Gasteiger partial charge in [-0.15, -0.1) is 0 Å². The van der Waals surface area contributed by atoms with Crippen LogP contribution in [-0.4, -0.2) is 45.6 Å². The van der Waals surface area contributed by atoms with Gasteiger partial charge < -0.3 is 16.2 Å². The maximum absolute atomic E-state index is 13.8. The molecule has 1 aliphatic carbocycles. The van der Waals surface area contributed by atoms with E-state index in [0.29, 0.717) is 19.3 Å². The third-order valence-corrected chi connectivity index (χ3v) is 8.28. The molecule has 6 bridgehead atoms. The fourth-order valence-electron chi connectivity index (χ4n) is 6.16. The standard InChI is InChI=1S/C29H33F3N4O3/c1-2-28-11-4-3-6-17-9-10-18-14-23(37)25(21(18)12-17)34-26(39)20-8-5-7-19(13-20)22(15-29(30,31)32)36(24(38)16-28)27(33)35-28/h5,7-10,12-13,22-23,25,37H,2-4,6,11,14-16H2,1H3,(H2,33,35)(H,34,39)/t22?,23-,25-,28-/m1/s1. The summed E-state index contributed by atoms with van der Waals surface area (Å²) in [4.78, 5) is 32.3. The van der Waals surface area contributed by atoms with Gasteiger partial charge in [-0.1, -0.05) is 43.7 Å². The first-order chi connectivity index (χ1) is 18.5. The molecule has 0 spiro atoms. The molecule has 2 aromatic carbocycles. The molecule has 10 heteroatoms. The number of hydrogen-bond donors (Lipinski definition) is 3. The number of aliphatic hydroxyl groups excluding tert-OH is 1. The Morgan fingerprint density at radius 2 is 1.97 bits per heavy atom. The van der Waals surface area contributed by atoms with E-state index in [4.69, 9.17) is 5.73 Å². The summed E-state index contributed by atoms with van der Waals surface area (Å²) in [6.45, 7) is 1.91. The highest BCUT2D eigenvalue weighted by Gasteiger charge is 2.44. The lowest BCUT2D eigenvalue weighted by atomic mass is 9.84. The molecule has 2 amide bonds. The van der Waals surface area contributed by atoms with Gasteiger partial charge in [-0.2, -0.15) is 13.2 Å². The molecule has 0 saturated carbocycles. The number of benzene rings is 2. The summed E-state index contributed by atoms with van der Waals surface area (Å²) in [5.41, 5.74) is 8.64. The van der Waals surface area contributed by atoms with Crippen LogP contribution in [0.5, 0.6) is 0 Å². The molecule has 1 unspecified atom stereocenters. The van der Waals surface area contributed by atoms with Gasteiger partial charge in [-0.05, 0) is 60.1 Å². The number of fused-ring (bicyclic) bond motifs is 5. The lowest BCUT2D eigenvalue weighted by Gasteiger charge is -2.41. The molecule has 7 nitrogen and oxygen atoms in total. The number of amides is 2. The van der Waals surface area contributed by atoms with Gasteiger partial charge in [-0.3, -0.25) is 14.5 Å². The van der Waals surface area contributed by atoms with Crippen LogP contribution in [0.4, 0.5) is 13.2 Å². The number of carbonyl (C=O) groups is 2. The van der Waals surface area contributed by atoms with Crippen LogP contribution in [0.15, 0.2) is 47.5 Å². The fourth-order valence-corrected chi connectivity index (χ4v) is 6.16. The Morgan fingerprint density at radius 3 is 2.69 bits per heavy atom. The van der Waals surface area contributed by atoms with Crippen LogP contribution in [0.1, 0.15) is 90.1 Å². The molecule has 0 radical (unpaired) electrons. The monoisotopic (exact) mass is 542 g/mol. The smallest absolute Gasteiger partial charge is 0.390 e. The van der Waals surface area contributed by atoms with Crippen molar-refractivity contribution in [2.24, 2.45) is 10.7 Å². The highest BCUT2D eigenvalue weighted by molar-refractivity contribution is 6.00. The van der Waals surface area contributed by atoms with Crippen LogP contribution in [0.3, 0.4) is 0 Å². The topological polar surface area (TPSA) is 108 Å². The van der Waals surface area contributed by atoms with Gasteiger partial charge in [0.05, 0.1) is 36.6 Å². The number of aliphatic imine (C=N–C) groups is 1. The normalized spacial score (nSPS) is 27.6. The minimum atomic E-state index is -4.60. The predicted octanol–water partition coefficient (Wildman–Crippen LogP) is 4.49. The zero-order valence-electron chi connectivity index (χ0n) is 21.8. The Labute approximate surface area is 225 Å². The highest BCUT2D eigenvalue weighted by Crippen LogP contribution is 2.40. The van der Waals surface area contributed by atoms with E-state index in [0.717, 1.165) is 40.9 Å². The van der Waals surface area contributed by atoms with Crippen molar-refractivity contribution in [3.05, 3.63) is 70.3 Å². The minimum absolute atomic E-state index is 0.0306. The van der Waals surface area contributed by atoms with Gasteiger partial charge in [0.25, 0.3) is 5.91 Å². The number of rotatable bonds is 2. The van der Waals surface area contributed by atoms with Crippen LogP contribution in [-0.2, 0) is 17.6 Å². The van der Waals surface area contributed by atoms with Crippen molar-refractivity contribution in [1.82, 2.24) is 10.2 Å². The van der Waals surface area contributed by atoms with Crippen molar-refractivity contribution in [2.45, 2.75) is 88.2 Å². The molecule has 0 fully saturated rings. The molecule has 4 aliphatic rings. The van der Waals surface area contributed by atoms with Gasteiger partial charge in [0.1, 0.15) is 0 Å². The summed E-state index contributed by atoms with van der Waals surface area (Å²) in [6.07, 6.45) is -2.93. The number of carbonyl (C=O) groups excluding carboxylic acids is 2. The molecule has 3 aliphatic heterocycles. The zero-order valence-corrected chi connectivity index (χ0v) is 21.8. The number of hydrogen-bond acceptors (Lipinski definition) is 5. The summed E-state index contributed by atoms with van der Waals surface area (Å²) in [5.74, 6) is -1.26. The number of aryl methyl sites for hydroxylation is 1. The third kappa shape index (κ3) is 5.52. The van der Waals surface area contributed by atoms with Crippen molar-refractivity contribution in [2.75, 3.05) is 0 Å². The van der Waals surface area contributed by atoms with E-state index >= 15 is 0 Å². The average Bonchev–Trinajstić information content (AvgIpc) is 3.18. The molecular weight excluding hydrogens is 509 g/mol. The maximum Gasteiger partial charge on any atom is 0.391 e. The molecule has 208 valence electrons. The number of aliphatic hydroxyl groups is 1. The highest BCUT2D eigenvalue weighted by atomic mass is 19.4. The Morgan fingerprint density at radius 1 is 1.18 bits per heavy atom. The lowest BCUT2D eigenvalue weighted by Crippen LogP contribution is -2.53. The van der Waals surface area contributed by atoms with Crippen molar-refractivity contribution in [3.63, 3.8) is 0 Å². The molecular formula is C29H33F3N4O3. The van der Waals surface area contributed by atoms with E-state index < -0.39 is 48.1 Å². The van der Waals surface area contributed by atoms with Crippen molar-refractivity contribution in [1.29, 1.82) is 0 Å². The first-order valence-electron chi connectivity index (χ1n) is 13.4. The second-order valence-corrected chi connectivity index (χ2v) is 10.9. The molecule has 3 heterocycles. The average molecular weight is 543 g/mol. The van der Waals surface area contributed by atoms with Crippen LogP contribution in [0.25, 0.3) is 0 Å². The van der Waals surface area contributed by atoms with Crippen LogP contribution >= 0.6 is 0 Å². The number of nitrogens with zero attached hydrogens (tertiary/aromatic N) is 2. The molecule has 4 N–H and O–H groups in total. The van der Waals surface area contributed by atoms with Crippen molar-refractivity contribution < 1.29 is 27.9 Å². The predicted molar refractivity (Wildman–Crippen MR) is 140 cm³/mol. The quantitative estimate of drug-likeness (QED) is 0.520. The number of guanidine groups is 1. The van der Waals surface area contributed by atoms with Crippen LogP contribution < -0.4 is 11.1 Å². The molecule has 0 saturated heterocycles. The Kier molecular flexibility index (Phi) is 7.17. The zero-order chi connectivity index (χ0) is 27.9. The molecule has 4 atom stereocenters. The second-order valence-electron chi connectivity index (χ2n) is 10.9. The van der Waals surface area contributed by atoms with E-state index in [1.807, 2.05) is 25.1 Å². The van der Waals surface area contributed by atoms with E-state index in [1.54, 1.807) is 0 Å². The van der Waals surface area contributed by atoms with E-state index in [2.05, 4.69) is 10.3 Å². The van der Waals surface area contributed by atoms with Crippen molar-refractivity contribution in [3.8, 4) is 0 Å². The maximum atomic E-state index is 13.8. The van der Waals surface area contributed by atoms with Gasteiger partial charge in [0.2, 0.25) is 5.91 Å². The molecule has 0 aromatic heterocycles. The van der Waals surface area contributed by atoms with Gasteiger partial charge in [-0.25, -0.2) is 4.99 Å². The summed E-state index contributed by atoms with van der Waals surface area (Å²) in [5, 5.41) is 13.6. The second kappa shape index (κ2) is 10.3. The number of halogens is 3. The first kappa shape index (κ1) is 27.2. The summed E-state index contributed by atoms with van der Waals surface area (Å²) in [6, 6.07) is 9.73. The van der Waals surface area contributed by atoms with Crippen LogP contribution in [0, 0.1) is 0 Å². The summed E-state index contributed by atoms with van der Waals surface area (Å²) in [7, 11) is 0. The largest absolute Gasteiger partial charge is 0.391 e. The summed E-state index contributed by atoms with van der Waals surface area (Å²) < 4.78 is 41.3. The third-order valence-electron chi connectivity index (χ3n) is 8.28. The summed E-state index contributed by atoms with van der Waals surface area (Å²) >= 11 is 0. The molecule has 39 heavy (non-hydrogen) atoms. The van der Waals surface area contributed by atoms with E-state index in [1.165, 1.54) is 24.3 Å². The minimum Gasteiger partial charge on any atom is -0.390 e. The Hall–Kier alpha value is -3.40. The van der Waals surface area contributed by atoms with Crippen molar-refractivity contribution >= 4 is 17.8 Å². The number of nitrogens with two attached hydrogens (primary N) is 1. The number of alkyl halides is 3. The lowest BCUT2D eigenvalue weighted by molar-refractivity contribution is -0.151. The first-order valence-corrected chi connectivity index (χ1v) is 13.4. The molecule has 6 rings (SSSR count). The van der Waals surface area contributed by atoms with Gasteiger partial charge in [0.15, 0.2) is 5.96 Å². The van der Waals surface area contributed by atoms with E-state index in [9.17, 15) is 27.9 Å². The van der Waals surface area contributed by atoms with E-state index in [-0.39, 0.29) is 23.5 Å². The Balaban J connectivity index is 1.60. The Bertz CT molecular complexity index is 1310. The SMILES string of the molecule is CC[C@@]12CCCCc3ccc4c(c3)[C@@H](NC(=O)c3cccc(c3)C(CC(F)(F)F)N(C(=O)C1)C(N)=N2)[C@H](O)C4. The van der Waals surface area contributed by atoms with Gasteiger partial charge >= 0.3 is 6.18 Å². The molecule has 2 aromatic rings. The van der Waals surface area contributed by atoms with Crippen LogP contribution in [0.2, 0.25) is 0 Å². The number of nitrogens with one attached hydrogen (secondary N) is 1. The van der Waals surface area contributed by atoms with Gasteiger partial charge in [0, 0.05) is 12.0 Å².